The lowest BCUT2D eigenvalue weighted by Crippen LogP contribution is -2.03. The smallest absolute Gasteiger partial charge is 0.216 e. The molecule has 2 aromatic rings. The summed E-state index contributed by atoms with van der Waals surface area (Å²) in [5.74, 6) is 0.382. The van der Waals surface area contributed by atoms with Gasteiger partial charge in [0, 0.05) is 0 Å². The molecule has 0 N–H and O–H groups in total. The van der Waals surface area contributed by atoms with Gasteiger partial charge < -0.3 is 9.47 Å². The molecular formula is C18H16FNO4S. The minimum atomic E-state index is -4.05. The first kappa shape index (κ1) is 18.5. The molecule has 130 valence electrons. The highest BCUT2D eigenvalue weighted by Crippen LogP contribution is 2.30. The number of benzene rings is 2. The highest BCUT2D eigenvalue weighted by molar-refractivity contribution is 7.95. The second kappa shape index (κ2) is 7.81. The van der Waals surface area contributed by atoms with Crippen molar-refractivity contribution in [2.24, 2.45) is 0 Å². The molecule has 0 amide bonds. The van der Waals surface area contributed by atoms with Gasteiger partial charge in [0.1, 0.15) is 16.8 Å². The summed E-state index contributed by atoms with van der Waals surface area (Å²) in [7, 11) is -2.55. The number of hydrogen-bond donors (Lipinski definition) is 0. The van der Waals surface area contributed by atoms with Crippen LogP contribution in [0.4, 0.5) is 4.39 Å². The molecule has 2 rings (SSSR count). The molecule has 0 radical (unpaired) electrons. The van der Waals surface area contributed by atoms with Gasteiger partial charge in [0.15, 0.2) is 11.5 Å². The Morgan fingerprint density at radius 1 is 1.20 bits per heavy atom. The zero-order valence-corrected chi connectivity index (χ0v) is 14.5. The van der Waals surface area contributed by atoms with Crippen LogP contribution in [0.3, 0.4) is 0 Å². The Bertz CT molecular complexity index is 929. The molecule has 0 bridgehead atoms. The summed E-state index contributed by atoms with van der Waals surface area (Å²) >= 11 is 0. The fourth-order valence-corrected chi connectivity index (χ4v) is 3.27. The van der Waals surface area contributed by atoms with Gasteiger partial charge in [-0.05, 0) is 55.0 Å². The van der Waals surface area contributed by atoms with Crippen molar-refractivity contribution < 1.29 is 22.3 Å². The molecule has 0 spiro atoms. The Balaban J connectivity index is 2.48. The highest BCUT2D eigenvalue weighted by atomic mass is 32.2. The molecule has 0 aliphatic carbocycles. The fourth-order valence-electron chi connectivity index (χ4n) is 2.11. The second-order valence-electron chi connectivity index (χ2n) is 4.92. The SMILES string of the molecule is CCOc1cc(/C=C(\C#N)S(=O)(=O)c2ccc(F)cc2)ccc1OC. The maximum absolute atomic E-state index is 13.0. The van der Waals surface area contributed by atoms with Crippen LogP contribution in [0.1, 0.15) is 12.5 Å². The molecule has 0 saturated heterocycles. The number of nitriles is 1. The van der Waals surface area contributed by atoms with Crippen molar-refractivity contribution in [2.75, 3.05) is 13.7 Å². The molecule has 0 saturated carbocycles. The van der Waals surface area contributed by atoms with Crippen molar-refractivity contribution in [1.82, 2.24) is 0 Å². The third-order valence-electron chi connectivity index (χ3n) is 3.31. The quantitative estimate of drug-likeness (QED) is 0.581. The number of sulfone groups is 1. The lowest BCUT2D eigenvalue weighted by molar-refractivity contribution is 0.311. The van der Waals surface area contributed by atoms with Crippen LogP contribution in [0, 0.1) is 17.1 Å². The Morgan fingerprint density at radius 3 is 2.44 bits per heavy atom. The van der Waals surface area contributed by atoms with Crippen molar-refractivity contribution in [3.8, 4) is 17.6 Å². The number of ether oxygens (including phenoxy) is 2. The number of rotatable bonds is 6. The summed E-state index contributed by atoms with van der Waals surface area (Å²) in [4.78, 5) is -0.605. The third-order valence-corrected chi connectivity index (χ3v) is 4.99. The zero-order chi connectivity index (χ0) is 18.4. The molecule has 0 heterocycles. The highest BCUT2D eigenvalue weighted by Gasteiger charge is 2.21. The van der Waals surface area contributed by atoms with E-state index in [1.54, 1.807) is 24.3 Å². The first-order valence-electron chi connectivity index (χ1n) is 7.35. The summed E-state index contributed by atoms with van der Waals surface area (Å²) < 4.78 is 48.7. The number of allylic oxidation sites excluding steroid dienone is 1. The Hall–Kier alpha value is -2.85. The molecule has 2 aromatic carbocycles. The van der Waals surface area contributed by atoms with Crippen LogP contribution in [-0.2, 0) is 9.84 Å². The van der Waals surface area contributed by atoms with Gasteiger partial charge in [0.05, 0.1) is 18.6 Å². The second-order valence-corrected chi connectivity index (χ2v) is 6.84. The molecular weight excluding hydrogens is 345 g/mol. The minimum absolute atomic E-state index is 0.153. The van der Waals surface area contributed by atoms with Gasteiger partial charge in [-0.15, -0.1) is 0 Å². The average molecular weight is 361 g/mol. The largest absolute Gasteiger partial charge is 0.493 e. The van der Waals surface area contributed by atoms with Crippen LogP contribution in [0.25, 0.3) is 6.08 Å². The van der Waals surface area contributed by atoms with E-state index in [0.717, 1.165) is 24.3 Å². The van der Waals surface area contributed by atoms with Crippen LogP contribution in [0.2, 0.25) is 0 Å². The summed E-state index contributed by atoms with van der Waals surface area (Å²) in [6.07, 6.45) is 1.24. The first-order valence-corrected chi connectivity index (χ1v) is 8.84. The monoisotopic (exact) mass is 361 g/mol. The Kier molecular flexibility index (Phi) is 5.78. The molecule has 0 atom stereocenters. The van der Waals surface area contributed by atoms with Gasteiger partial charge in [0.2, 0.25) is 9.84 Å². The van der Waals surface area contributed by atoms with E-state index in [1.165, 1.54) is 13.2 Å². The van der Waals surface area contributed by atoms with Crippen molar-refractivity contribution in [3.05, 3.63) is 58.8 Å². The van der Waals surface area contributed by atoms with Gasteiger partial charge in [-0.25, -0.2) is 12.8 Å². The lowest BCUT2D eigenvalue weighted by atomic mass is 10.2. The predicted octanol–water partition coefficient (Wildman–Crippen LogP) is 3.57. The summed E-state index contributed by atoms with van der Waals surface area (Å²) in [6.45, 7) is 2.21. The van der Waals surface area contributed by atoms with E-state index in [-0.39, 0.29) is 4.90 Å². The molecule has 0 aliphatic rings. The van der Waals surface area contributed by atoms with E-state index in [0.29, 0.717) is 23.7 Å². The number of nitrogens with zero attached hydrogens (tertiary/aromatic N) is 1. The number of methoxy groups -OCH3 is 1. The summed E-state index contributed by atoms with van der Waals surface area (Å²) in [6, 6.07) is 10.8. The molecule has 7 heteroatoms. The Morgan fingerprint density at radius 2 is 1.88 bits per heavy atom. The van der Waals surface area contributed by atoms with Gasteiger partial charge in [-0.1, -0.05) is 6.07 Å². The van der Waals surface area contributed by atoms with Crippen molar-refractivity contribution in [2.45, 2.75) is 11.8 Å². The zero-order valence-electron chi connectivity index (χ0n) is 13.7. The van der Waals surface area contributed by atoms with Crippen molar-refractivity contribution >= 4 is 15.9 Å². The Labute approximate surface area is 145 Å². The van der Waals surface area contributed by atoms with Crippen LogP contribution in [-0.4, -0.2) is 22.1 Å². The van der Waals surface area contributed by atoms with E-state index in [4.69, 9.17) is 9.47 Å². The van der Waals surface area contributed by atoms with Crippen LogP contribution >= 0.6 is 0 Å². The van der Waals surface area contributed by atoms with Gasteiger partial charge in [-0.3, -0.25) is 0 Å². The van der Waals surface area contributed by atoms with E-state index >= 15 is 0 Å². The minimum Gasteiger partial charge on any atom is -0.493 e. The molecule has 0 unspecified atom stereocenters. The van der Waals surface area contributed by atoms with E-state index in [1.807, 2.05) is 6.92 Å². The van der Waals surface area contributed by atoms with Crippen LogP contribution in [0.15, 0.2) is 52.3 Å². The van der Waals surface area contributed by atoms with Gasteiger partial charge >= 0.3 is 0 Å². The molecule has 0 fully saturated rings. The maximum atomic E-state index is 13.0. The average Bonchev–Trinajstić information content (AvgIpc) is 2.60. The summed E-state index contributed by atoms with van der Waals surface area (Å²) in [5, 5.41) is 9.28. The third kappa shape index (κ3) is 4.17. The van der Waals surface area contributed by atoms with E-state index in [9.17, 15) is 18.1 Å². The molecule has 25 heavy (non-hydrogen) atoms. The number of halogens is 1. The van der Waals surface area contributed by atoms with Gasteiger partial charge in [0.25, 0.3) is 0 Å². The normalized spacial score (nSPS) is 11.7. The van der Waals surface area contributed by atoms with Crippen molar-refractivity contribution in [1.29, 1.82) is 5.26 Å². The van der Waals surface area contributed by atoms with Crippen molar-refractivity contribution in [3.63, 3.8) is 0 Å². The van der Waals surface area contributed by atoms with E-state index < -0.39 is 20.6 Å². The van der Waals surface area contributed by atoms with Crippen LogP contribution < -0.4 is 9.47 Å². The van der Waals surface area contributed by atoms with E-state index in [2.05, 4.69) is 0 Å². The molecule has 0 aliphatic heterocycles. The lowest BCUT2D eigenvalue weighted by Gasteiger charge is -2.10. The number of hydrogen-bond acceptors (Lipinski definition) is 5. The first-order chi connectivity index (χ1) is 11.9. The summed E-state index contributed by atoms with van der Waals surface area (Å²) in [5.41, 5.74) is 0.464. The van der Waals surface area contributed by atoms with Gasteiger partial charge in [-0.2, -0.15) is 5.26 Å². The predicted molar refractivity (Wildman–Crippen MR) is 91.3 cm³/mol. The molecule has 5 nitrogen and oxygen atoms in total. The topological polar surface area (TPSA) is 76.4 Å². The fraction of sp³-hybridized carbons (Fsp3) is 0.167. The van der Waals surface area contributed by atoms with Crippen LogP contribution in [0.5, 0.6) is 11.5 Å². The standard InChI is InChI=1S/C18H16FNO4S/c1-3-24-18-11-13(4-9-17(18)23-2)10-16(12-20)25(21,22)15-7-5-14(19)6-8-15/h4-11H,3H2,1-2H3/b16-10+. The maximum Gasteiger partial charge on any atom is 0.216 e. The molecule has 0 aromatic heterocycles.